The molecule has 0 amide bonds. The van der Waals surface area contributed by atoms with Crippen LogP contribution >= 0.6 is 0 Å². The van der Waals surface area contributed by atoms with Crippen LogP contribution in [0.3, 0.4) is 0 Å². The second kappa shape index (κ2) is 8.76. The number of ether oxygens (including phenoxy) is 1. The Morgan fingerprint density at radius 2 is 1.94 bits per heavy atom. The van der Waals surface area contributed by atoms with E-state index in [1.54, 1.807) is 6.07 Å². The van der Waals surface area contributed by atoms with Crippen molar-refractivity contribution < 1.29 is 9.53 Å². The van der Waals surface area contributed by atoms with Crippen molar-refractivity contribution >= 4 is 5.97 Å². The molecular formula is C14H23NO2. The van der Waals surface area contributed by atoms with Gasteiger partial charge < -0.3 is 9.64 Å². The molecule has 0 heterocycles. The van der Waals surface area contributed by atoms with Crippen molar-refractivity contribution in [3.05, 3.63) is 35.4 Å². The number of esters is 1. The van der Waals surface area contributed by atoms with Crippen molar-refractivity contribution in [2.45, 2.75) is 20.8 Å². The number of nitrogens with zero attached hydrogens (tertiary/aromatic N) is 1. The number of carbonyl (C=O) groups is 1. The summed E-state index contributed by atoms with van der Waals surface area (Å²) in [5, 5.41) is 0. The average Bonchev–Trinajstić information content (AvgIpc) is 2.31. The van der Waals surface area contributed by atoms with Crippen molar-refractivity contribution in [2.24, 2.45) is 0 Å². The van der Waals surface area contributed by atoms with E-state index in [2.05, 4.69) is 0 Å². The third kappa shape index (κ3) is 6.74. The van der Waals surface area contributed by atoms with E-state index in [4.69, 9.17) is 4.74 Å². The van der Waals surface area contributed by atoms with Crippen LogP contribution in [0.5, 0.6) is 0 Å². The van der Waals surface area contributed by atoms with Crippen LogP contribution in [0.15, 0.2) is 24.3 Å². The third-order valence-corrected chi connectivity index (χ3v) is 2.03. The molecule has 0 saturated heterocycles. The fourth-order valence-electron chi connectivity index (χ4n) is 1.18. The average molecular weight is 237 g/mol. The van der Waals surface area contributed by atoms with Gasteiger partial charge in [-0.3, -0.25) is 0 Å². The Bertz CT molecular complexity index is 335. The molecule has 0 aliphatic rings. The Balaban J connectivity index is 0.00000121. The smallest absolute Gasteiger partial charge is 0.338 e. The van der Waals surface area contributed by atoms with Gasteiger partial charge in [0.1, 0.15) is 6.61 Å². The van der Waals surface area contributed by atoms with E-state index < -0.39 is 0 Å². The highest BCUT2D eigenvalue weighted by Crippen LogP contribution is 2.05. The van der Waals surface area contributed by atoms with Crippen molar-refractivity contribution in [1.29, 1.82) is 0 Å². The van der Waals surface area contributed by atoms with Gasteiger partial charge in [0.05, 0.1) is 5.56 Å². The monoisotopic (exact) mass is 237 g/mol. The summed E-state index contributed by atoms with van der Waals surface area (Å²) in [7, 11) is 3.89. The predicted molar refractivity (Wildman–Crippen MR) is 71.4 cm³/mol. The second-order valence-corrected chi connectivity index (χ2v) is 3.81. The van der Waals surface area contributed by atoms with E-state index in [0.717, 1.165) is 12.1 Å². The maximum absolute atomic E-state index is 11.5. The molecule has 0 N–H and O–H groups in total. The maximum Gasteiger partial charge on any atom is 0.338 e. The summed E-state index contributed by atoms with van der Waals surface area (Å²) in [6, 6.07) is 7.41. The van der Waals surface area contributed by atoms with Crippen LogP contribution in [0.25, 0.3) is 0 Å². The molecule has 0 atom stereocenters. The summed E-state index contributed by atoms with van der Waals surface area (Å²) in [6.07, 6.45) is 0. The molecule has 1 aromatic carbocycles. The minimum absolute atomic E-state index is 0.249. The molecule has 0 unspecified atom stereocenters. The van der Waals surface area contributed by atoms with Gasteiger partial charge in [-0.05, 0) is 33.2 Å². The summed E-state index contributed by atoms with van der Waals surface area (Å²) >= 11 is 0. The molecule has 0 aromatic heterocycles. The zero-order valence-electron chi connectivity index (χ0n) is 11.5. The quantitative estimate of drug-likeness (QED) is 0.754. The highest BCUT2D eigenvalue weighted by Gasteiger charge is 2.06. The van der Waals surface area contributed by atoms with Crippen LogP contribution in [0, 0.1) is 6.92 Å². The van der Waals surface area contributed by atoms with Crippen molar-refractivity contribution in [3.8, 4) is 0 Å². The molecule has 0 radical (unpaired) electrons. The van der Waals surface area contributed by atoms with E-state index in [1.807, 2.05) is 58.0 Å². The first-order valence-electron chi connectivity index (χ1n) is 5.98. The summed E-state index contributed by atoms with van der Waals surface area (Å²) in [5.41, 5.74) is 1.69. The molecule has 1 aromatic rings. The molecule has 0 aliphatic carbocycles. The topological polar surface area (TPSA) is 29.5 Å². The summed E-state index contributed by atoms with van der Waals surface area (Å²) in [4.78, 5) is 13.5. The lowest BCUT2D eigenvalue weighted by Gasteiger charge is -2.09. The minimum Gasteiger partial charge on any atom is -0.461 e. The number of aryl methyl sites for hydroxylation is 1. The second-order valence-electron chi connectivity index (χ2n) is 3.81. The Kier molecular flexibility index (Phi) is 8.07. The molecule has 3 nitrogen and oxygen atoms in total. The minimum atomic E-state index is -0.249. The van der Waals surface area contributed by atoms with Gasteiger partial charge in [-0.25, -0.2) is 4.79 Å². The number of carbonyl (C=O) groups excluding carboxylic acids is 1. The summed E-state index contributed by atoms with van der Waals surface area (Å²) in [6.45, 7) is 7.13. The Morgan fingerprint density at radius 1 is 1.29 bits per heavy atom. The van der Waals surface area contributed by atoms with E-state index in [0.29, 0.717) is 12.2 Å². The van der Waals surface area contributed by atoms with Crippen LogP contribution in [-0.4, -0.2) is 38.1 Å². The molecule has 0 bridgehead atoms. The van der Waals surface area contributed by atoms with Crippen molar-refractivity contribution in [2.75, 3.05) is 27.2 Å². The summed E-state index contributed by atoms with van der Waals surface area (Å²) < 4.78 is 5.11. The van der Waals surface area contributed by atoms with Crippen LogP contribution in [0.4, 0.5) is 0 Å². The van der Waals surface area contributed by atoms with E-state index in [1.165, 1.54) is 0 Å². The van der Waals surface area contributed by atoms with E-state index in [9.17, 15) is 4.79 Å². The molecule has 96 valence electrons. The van der Waals surface area contributed by atoms with Crippen molar-refractivity contribution in [3.63, 3.8) is 0 Å². The van der Waals surface area contributed by atoms with Crippen LogP contribution in [0.2, 0.25) is 0 Å². The molecule has 17 heavy (non-hydrogen) atoms. The fraction of sp³-hybridized carbons (Fsp3) is 0.500. The molecule has 3 heteroatoms. The predicted octanol–water partition coefficient (Wildman–Crippen LogP) is 2.74. The molecule has 1 rings (SSSR count). The van der Waals surface area contributed by atoms with Crippen LogP contribution in [-0.2, 0) is 4.74 Å². The lowest BCUT2D eigenvalue weighted by atomic mass is 10.1. The molecule has 0 aliphatic heterocycles. The van der Waals surface area contributed by atoms with Gasteiger partial charge in [-0.1, -0.05) is 31.5 Å². The lowest BCUT2D eigenvalue weighted by molar-refractivity contribution is 0.0482. The zero-order valence-corrected chi connectivity index (χ0v) is 11.5. The molecule has 0 spiro atoms. The number of rotatable bonds is 4. The van der Waals surface area contributed by atoms with Crippen molar-refractivity contribution in [1.82, 2.24) is 4.90 Å². The lowest BCUT2D eigenvalue weighted by Crippen LogP contribution is -2.20. The number of likely N-dealkylation sites (N-methyl/N-ethyl adjacent to an activating group) is 1. The maximum atomic E-state index is 11.5. The normalized spacial score (nSPS) is 9.53. The number of hydrogen-bond acceptors (Lipinski definition) is 3. The fourth-order valence-corrected chi connectivity index (χ4v) is 1.18. The van der Waals surface area contributed by atoms with Gasteiger partial charge in [0, 0.05) is 6.54 Å². The number of hydrogen-bond donors (Lipinski definition) is 0. The zero-order chi connectivity index (χ0) is 13.3. The van der Waals surface area contributed by atoms with Crippen LogP contribution < -0.4 is 0 Å². The van der Waals surface area contributed by atoms with Gasteiger partial charge in [-0.15, -0.1) is 0 Å². The first kappa shape index (κ1) is 15.7. The third-order valence-electron chi connectivity index (χ3n) is 2.03. The Hall–Kier alpha value is -1.35. The van der Waals surface area contributed by atoms with E-state index in [-0.39, 0.29) is 5.97 Å². The highest BCUT2D eigenvalue weighted by atomic mass is 16.5. The highest BCUT2D eigenvalue weighted by molar-refractivity contribution is 5.89. The first-order chi connectivity index (χ1) is 8.09. The van der Waals surface area contributed by atoms with E-state index >= 15 is 0 Å². The van der Waals surface area contributed by atoms with Gasteiger partial charge in [-0.2, -0.15) is 0 Å². The Labute approximate surface area is 104 Å². The van der Waals surface area contributed by atoms with Crippen LogP contribution in [0.1, 0.15) is 29.8 Å². The van der Waals surface area contributed by atoms with Gasteiger partial charge >= 0.3 is 5.97 Å². The summed E-state index contributed by atoms with van der Waals surface area (Å²) in [5.74, 6) is -0.249. The van der Waals surface area contributed by atoms with Gasteiger partial charge in [0.25, 0.3) is 0 Å². The van der Waals surface area contributed by atoms with Gasteiger partial charge in [0.2, 0.25) is 0 Å². The molecule has 0 saturated carbocycles. The number of benzene rings is 1. The molecular weight excluding hydrogens is 214 g/mol. The Morgan fingerprint density at radius 3 is 2.47 bits per heavy atom. The standard InChI is InChI=1S/C12H17NO2.C2H6/c1-10-5-4-6-11(9-10)12(14)15-8-7-13(2)3;1-2/h4-6,9H,7-8H2,1-3H3;1-2H3. The first-order valence-corrected chi connectivity index (χ1v) is 5.98. The largest absolute Gasteiger partial charge is 0.461 e. The molecule has 0 fully saturated rings. The SMILES string of the molecule is CC.Cc1cccc(C(=O)OCCN(C)C)c1. The van der Waals surface area contributed by atoms with Gasteiger partial charge in [0.15, 0.2) is 0 Å².